The van der Waals surface area contributed by atoms with Crippen LogP contribution in [0.1, 0.15) is 23.4 Å². The maximum Gasteiger partial charge on any atom is 0.451 e. The molecule has 5 nitrogen and oxygen atoms in total. The monoisotopic (exact) mass is 299 g/mol. The first-order chi connectivity index (χ1) is 10.4. The predicted molar refractivity (Wildman–Crippen MR) is 89.1 cm³/mol. The van der Waals surface area contributed by atoms with E-state index in [0.29, 0.717) is 12.2 Å². The zero-order chi connectivity index (χ0) is 15.9. The SMILES string of the molecule is Cc1nc(N2CC(CCB(O)O)C2)c2cc(C)c(C)cc2n1. The Labute approximate surface area is 131 Å². The van der Waals surface area contributed by atoms with Crippen molar-refractivity contribution in [1.29, 1.82) is 0 Å². The van der Waals surface area contributed by atoms with Crippen LogP contribution < -0.4 is 4.90 Å². The molecule has 0 bridgehead atoms. The van der Waals surface area contributed by atoms with Crippen LogP contribution in [0.4, 0.5) is 5.82 Å². The molecule has 3 rings (SSSR count). The third-order valence-corrected chi connectivity index (χ3v) is 4.49. The summed E-state index contributed by atoms with van der Waals surface area (Å²) in [7, 11) is -1.19. The van der Waals surface area contributed by atoms with E-state index in [1.54, 1.807) is 0 Å². The van der Waals surface area contributed by atoms with Crippen molar-refractivity contribution in [3.8, 4) is 0 Å². The van der Waals surface area contributed by atoms with Gasteiger partial charge in [-0.15, -0.1) is 0 Å². The Bertz CT molecular complexity index is 699. The highest BCUT2D eigenvalue weighted by molar-refractivity contribution is 6.40. The van der Waals surface area contributed by atoms with Crippen LogP contribution in [0.2, 0.25) is 6.32 Å². The quantitative estimate of drug-likeness (QED) is 0.843. The smallest absolute Gasteiger partial charge is 0.427 e. The van der Waals surface area contributed by atoms with Crippen molar-refractivity contribution < 1.29 is 10.0 Å². The average molecular weight is 299 g/mol. The van der Waals surface area contributed by atoms with E-state index in [4.69, 9.17) is 10.0 Å². The number of hydrogen-bond donors (Lipinski definition) is 2. The lowest BCUT2D eigenvalue weighted by Gasteiger charge is -2.41. The molecule has 0 unspecified atom stereocenters. The molecule has 2 N–H and O–H groups in total. The lowest BCUT2D eigenvalue weighted by atomic mass is 9.79. The average Bonchev–Trinajstić information content (AvgIpc) is 2.38. The highest BCUT2D eigenvalue weighted by Crippen LogP contribution is 2.32. The molecule has 0 saturated carbocycles. The summed E-state index contributed by atoms with van der Waals surface area (Å²) in [5, 5.41) is 19.0. The first kappa shape index (κ1) is 15.2. The number of nitrogens with zero attached hydrogens (tertiary/aromatic N) is 3. The Morgan fingerprint density at radius 3 is 2.50 bits per heavy atom. The van der Waals surface area contributed by atoms with E-state index < -0.39 is 7.12 Å². The van der Waals surface area contributed by atoms with Crippen molar-refractivity contribution in [3.05, 3.63) is 29.1 Å². The van der Waals surface area contributed by atoms with Gasteiger partial charge in [0.25, 0.3) is 0 Å². The van der Waals surface area contributed by atoms with Crippen molar-refractivity contribution in [2.45, 2.75) is 33.5 Å². The van der Waals surface area contributed by atoms with Gasteiger partial charge in [0.1, 0.15) is 11.6 Å². The van der Waals surface area contributed by atoms with Gasteiger partial charge in [-0.3, -0.25) is 0 Å². The van der Waals surface area contributed by atoms with Crippen LogP contribution in [0.5, 0.6) is 0 Å². The normalized spacial score (nSPS) is 15.2. The fourth-order valence-corrected chi connectivity index (χ4v) is 3.04. The van der Waals surface area contributed by atoms with Gasteiger partial charge in [0.15, 0.2) is 0 Å². The zero-order valence-corrected chi connectivity index (χ0v) is 13.4. The van der Waals surface area contributed by atoms with Crippen molar-refractivity contribution in [1.82, 2.24) is 9.97 Å². The highest BCUT2D eigenvalue weighted by Gasteiger charge is 2.30. The summed E-state index contributed by atoms with van der Waals surface area (Å²) in [6.07, 6.45) is 1.29. The summed E-state index contributed by atoms with van der Waals surface area (Å²) in [5.74, 6) is 2.31. The molecule has 1 aromatic carbocycles. The Morgan fingerprint density at radius 1 is 1.14 bits per heavy atom. The standard InChI is InChI=1S/C16H22BN3O2/c1-10-6-14-15(7-11(10)2)18-12(3)19-16(14)20-8-13(9-20)4-5-17(21)22/h6-7,13,21-22H,4-5,8-9H2,1-3H3. The number of aromatic nitrogens is 2. The lowest BCUT2D eigenvalue weighted by Crippen LogP contribution is -2.47. The maximum absolute atomic E-state index is 8.96. The van der Waals surface area contributed by atoms with Crippen molar-refractivity contribution in [2.24, 2.45) is 5.92 Å². The molecule has 2 aromatic rings. The topological polar surface area (TPSA) is 69.5 Å². The second kappa shape index (κ2) is 5.86. The van der Waals surface area contributed by atoms with E-state index in [-0.39, 0.29) is 0 Å². The number of fused-ring (bicyclic) bond motifs is 1. The van der Waals surface area contributed by atoms with E-state index >= 15 is 0 Å². The van der Waals surface area contributed by atoms with Crippen LogP contribution in [-0.2, 0) is 0 Å². The molecule has 0 radical (unpaired) electrons. The molecule has 1 aliphatic heterocycles. The Hall–Kier alpha value is -1.66. The number of anilines is 1. The summed E-state index contributed by atoms with van der Waals surface area (Å²) in [6.45, 7) is 7.99. The van der Waals surface area contributed by atoms with E-state index in [0.717, 1.165) is 42.1 Å². The third kappa shape index (κ3) is 2.94. The molecule has 1 aliphatic rings. The number of benzene rings is 1. The molecule has 0 aliphatic carbocycles. The summed E-state index contributed by atoms with van der Waals surface area (Å²) in [4.78, 5) is 11.5. The van der Waals surface area contributed by atoms with E-state index in [1.165, 1.54) is 11.1 Å². The summed E-state index contributed by atoms with van der Waals surface area (Å²) >= 11 is 0. The maximum atomic E-state index is 8.96. The Kier molecular flexibility index (Phi) is 4.06. The Balaban J connectivity index is 1.84. The first-order valence-electron chi connectivity index (χ1n) is 7.80. The second-order valence-corrected chi connectivity index (χ2v) is 6.38. The largest absolute Gasteiger partial charge is 0.451 e. The number of aryl methyl sites for hydroxylation is 3. The van der Waals surface area contributed by atoms with Gasteiger partial charge >= 0.3 is 7.12 Å². The highest BCUT2D eigenvalue weighted by atomic mass is 16.4. The van der Waals surface area contributed by atoms with Crippen molar-refractivity contribution >= 4 is 23.8 Å². The number of hydrogen-bond acceptors (Lipinski definition) is 5. The van der Waals surface area contributed by atoms with Gasteiger partial charge in [-0.25, -0.2) is 9.97 Å². The van der Waals surface area contributed by atoms with Crippen molar-refractivity contribution in [3.63, 3.8) is 0 Å². The molecule has 1 aromatic heterocycles. The van der Waals surface area contributed by atoms with Gasteiger partial charge in [-0.2, -0.15) is 0 Å². The molecular weight excluding hydrogens is 277 g/mol. The minimum atomic E-state index is -1.19. The fourth-order valence-electron chi connectivity index (χ4n) is 3.04. The van der Waals surface area contributed by atoms with E-state index in [1.807, 2.05) is 6.92 Å². The fraction of sp³-hybridized carbons (Fsp3) is 0.500. The van der Waals surface area contributed by atoms with Crippen LogP contribution in [0.3, 0.4) is 0 Å². The molecule has 116 valence electrons. The van der Waals surface area contributed by atoms with Gasteiger partial charge in [0.05, 0.1) is 5.52 Å². The molecule has 6 heteroatoms. The van der Waals surface area contributed by atoms with Gasteiger partial charge in [0, 0.05) is 18.5 Å². The molecule has 22 heavy (non-hydrogen) atoms. The van der Waals surface area contributed by atoms with Crippen LogP contribution in [-0.4, -0.2) is 40.2 Å². The van der Waals surface area contributed by atoms with E-state index in [9.17, 15) is 0 Å². The predicted octanol–water partition coefficient (Wildman–Crippen LogP) is 1.85. The lowest BCUT2D eigenvalue weighted by molar-refractivity contribution is 0.361. The molecule has 0 amide bonds. The molecule has 2 heterocycles. The van der Waals surface area contributed by atoms with Crippen molar-refractivity contribution in [2.75, 3.05) is 18.0 Å². The molecule has 0 spiro atoms. The van der Waals surface area contributed by atoms with E-state index in [2.05, 4.69) is 40.8 Å². The van der Waals surface area contributed by atoms with Gasteiger partial charge < -0.3 is 14.9 Å². The van der Waals surface area contributed by atoms with Gasteiger partial charge in [-0.1, -0.05) is 0 Å². The first-order valence-corrected chi connectivity index (χ1v) is 7.80. The molecule has 0 atom stereocenters. The number of rotatable bonds is 4. The van der Waals surface area contributed by atoms with Crippen LogP contribution >= 0.6 is 0 Å². The minimum absolute atomic E-state index is 0.445. The Morgan fingerprint density at radius 2 is 1.82 bits per heavy atom. The van der Waals surface area contributed by atoms with Crippen LogP contribution in [0, 0.1) is 26.7 Å². The van der Waals surface area contributed by atoms with Gasteiger partial charge in [-0.05, 0) is 62.7 Å². The molecular formula is C16H22BN3O2. The van der Waals surface area contributed by atoms with Crippen LogP contribution in [0.15, 0.2) is 12.1 Å². The summed E-state index contributed by atoms with van der Waals surface area (Å²) in [6, 6.07) is 4.30. The summed E-state index contributed by atoms with van der Waals surface area (Å²) in [5.41, 5.74) is 3.50. The van der Waals surface area contributed by atoms with Gasteiger partial charge in [0.2, 0.25) is 0 Å². The molecule has 1 fully saturated rings. The minimum Gasteiger partial charge on any atom is -0.427 e. The molecule has 1 saturated heterocycles. The zero-order valence-electron chi connectivity index (χ0n) is 13.4. The third-order valence-electron chi connectivity index (χ3n) is 4.49. The summed E-state index contributed by atoms with van der Waals surface area (Å²) < 4.78 is 0. The van der Waals surface area contributed by atoms with Crippen LogP contribution in [0.25, 0.3) is 10.9 Å². The second-order valence-electron chi connectivity index (χ2n) is 6.38.